The molecule has 1 aliphatic rings. The Morgan fingerprint density at radius 2 is 2.22 bits per heavy atom. The zero-order valence-electron chi connectivity index (χ0n) is 13.1. The summed E-state index contributed by atoms with van der Waals surface area (Å²) in [6.07, 6.45) is 1.62. The highest BCUT2D eigenvalue weighted by Gasteiger charge is 2.22. The number of aliphatic hydroxyl groups is 1. The number of β-amino-alcohol motifs (C(OH)–C–C–N with tert-alkyl or cyclic N) is 1. The van der Waals surface area contributed by atoms with Crippen LogP contribution in [0, 0.1) is 0 Å². The molecule has 1 aliphatic heterocycles. The van der Waals surface area contributed by atoms with Gasteiger partial charge in [-0.05, 0) is 19.1 Å². The van der Waals surface area contributed by atoms with Gasteiger partial charge in [0.05, 0.1) is 24.5 Å². The number of thiazole rings is 1. The lowest BCUT2D eigenvalue weighted by Crippen LogP contribution is -2.50. The second-order valence-electron chi connectivity index (χ2n) is 5.83. The third-order valence-electron chi connectivity index (χ3n) is 3.86. The molecule has 23 heavy (non-hydrogen) atoms. The van der Waals surface area contributed by atoms with Crippen LogP contribution in [0.15, 0.2) is 28.2 Å². The number of carbonyl (C=O) groups is 1. The summed E-state index contributed by atoms with van der Waals surface area (Å²) in [4.78, 5) is 20.9. The first-order chi connectivity index (χ1) is 11.1. The maximum absolute atomic E-state index is 12.4. The van der Waals surface area contributed by atoms with E-state index in [9.17, 15) is 9.90 Å². The quantitative estimate of drug-likeness (QED) is 0.896. The van der Waals surface area contributed by atoms with Crippen LogP contribution in [-0.2, 0) is 11.2 Å². The first-order valence-corrected chi connectivity index (χ1v) is 8.66. The van der Waals surface area contributed by atoms with Crippen LogP contribution in [0.1, 0.15) is 12.6 Å². The van der Waals surface area contributed by atoms with Crippen molar-refractivity contribution in [3.8, 4) is 10.8 Å². The molecule has 1 atom stereocenters. The lowest BCUT2D eigenvalue weighted by Gasteiger charge is -2.35. The monoisotopic (exact) mass is 335 g/mol. The minimum atomic E-state index is -0.327. The highest BCUT2D eigenvalue weighted by molar-refractivity contribution is 7.13. The fourth-order valence-electron chi connectivity index (χ4n) is 2.72. The molecule has 2 aromatic rings. The third-order valence-corrected chi connectivity index (χ3v) is 4.77. The third kappa shape index (κ3) is 4.19. The summed E-state index contributed by atoms with van der Waals surface area (Å²) >= 11 is 1.49. The van der Waals surface area contributed by atoms with Gasteiger partial charge in [0, 0.05) is 38.1 Å². The van der Waals surface area contributed by atoms with Crippen LogP contribution in [0.25, 0.3) is 10.8 Å². The minimum Gasteiger partial charge on any atom is -0.462 e. The number of aliphatic hydroxyl groups excluding tert-OH is 1. The van der Waals surface area contributed by atoms with E-state index >= 15 is 0 Å². The highest BCUT2D eigenvalue weighted by atomic mass is 32.1. The molecule has 0 spiro atoms. The molecule has 0 radical (unpaired) electrons. The molecule has 124 valence electrons. The molecule has 1 fully saturated rings. The van der Waals surface area contributed by atoms with Crippen LogP contribution in [-0.4, -0.2) is 64.6 Å². The molecule has 0 aromatic carbocycles. The Morgan fingerprint density at radius 3 is 2.87 bits per heavy atom. The first kappa shape index (κ1) is 16.2. The second kappa shape index (κ2) is 7.25. The Kier molecular flexibility index (Phi) is 5.09. The molecule has 1 N–H and O–H groups in total. The van der Waals surface area contributed by atoms with Crippen LogP contribution >= 0.6 is 11.3 Å². The molecule has 1 saturated heterocycles. The number of rotatable bonds is 5. The maximum Gasteiger partial charge on any atom is 0.228 e. The van der Waals surface area contributed by atoms with E-state index in [1.807, 2.05) is 22.4 Å². The molecule has 3 rings (SSSR count). The number of hydrogen-bond acceptors (Lipinski definition) is 6. The Morgan fingerprint density at radius 1 is 1.43 bits per heavy atom. The number of amides is 1. The Balaban J connectivity index is 1.52. The van der Waals surface area contributed by atoms with Gasteiger partial charge >= 0.3 is 0 Å². The van der Waals surface area contributed by atoms with Gasteiger partial charge in [-0.25, -0.2) is 4.98 Å². The number of nitrogens with zero attached hydrogens (tertiary/aromatic N) is 3. The van der Waals surface area contributed by atoms with Gasteiger partial charge < -0.3 is 14.4 Å². The molecule has 0 saturated carbocycles. The molecule has 2 aromatic heterocycles. The van der Waals surface area contributed by atoms with Crippen molar-refractivity contribution in [2.24, 2.45) is 0 Å². The van der Waals surface area contributed by atoms with Crippen molar-refractivity contribution >= 4 is 17.2 Å². The van der Waals surface area contributed by atoms with Crippen molar-refractivity contribution in [2.45, 2.75) is 19.4 Å². The minimum absolute atomic E-state index is 0.109. The Labute approximate surface area is 139 Å². The fraction of sp³-hybridized carbons (Fsp3) is 0.500. The van der Waals surface area contributed by atoms with Crippen LogP contribution < -0.4 is 0 Å². The molecule has 1 unspecified atom stereocenters. The average molecular weight is 335 g/mol. The van der Waals surface area contributed by atoms with E-state index in [0.717, 1.165) is 29.6 Å². The van der Waals surface area contributed by atoms with Gasteiger partial charge in [0.15, 0.2) is 10.8 Å². The summed E-state index contributed by atoms with van der Waals surface area (Å²) in [5.41, 5.74) is 0.790. The van der Waals surface area contributed by atoms with Crippen molar-refractivity contribution in [1.29, 1.82) is 0 Å². The zero-order chi connectivity index (χ0) is 16.2. The van der Waals surface area contributed by atoms with Gasteiger partial charge in [0.2, 0.25) is 5.91 Å². The fourth-order valence-corrected chi connectivity index (χ4v) is 3.51. The normalized spacial score (nSPS) is 17.4. The van der Waals surface area contributed by atoms with Crippen LogP contribution in [0.4, 0.5) is 0 Å². The SMILES string of the molecule is CC(O)CN1CCN(C(=O)Cc2csc(-c3ccco3)n2)CC1. The largest absolute Gasteiger partial charge is 0.462 e. The van der Waals surface area contributed by atoms with Crippen LogP contribution in [0.5, 0.6) is 0 Å². The molecular formula is C16H21N3O3S. The van der Waals surface area contributed by atoms with E-state index < -0.39 is 0 Å². The summed E-state index contributed by atoms with van der Waals surface area (Å²) in [6.45, 7) is 5.50. The van der Waals surface area contributed by atoms with Crippen molar-refractivity contribution in [3.63, 3.8) is 0 Å². The van der Waals surface area contributed by atoms with E-state index in [4.69, 9.17) is 4.42 Å². The number of aromatic nitrogens is 1. The van der Waals surface area contributed by atoms with Gasteiger partial charge in [0.25, 0.3) is 0 Å². The predicted octanol–water partition coefficient (Wildman–Crippen LogP) is 1.47. The number of piperazine rings is 1. The topological polar surface area (TPSA) is 69.8 Å². The number of carbonyl (C=O) groups excluding carboxylic acids is 1. The molecule has 7 heteroatoms. The summed E-state index contributed by atoms with van der Waals surface area (Å²) < 4.78 is 5.32. The predicted molar refractivity (Wildman–Crippen MR) is 88.2 cm³/mol. The van der Waals surface area contributed by atoms with Crippen molar-refractivity contribution in [2.75, 3.05) is 32.7 Å². The van der Waals surface area contributed by atoms with E-state index in [1.165, 1.54) is 11.3 Å². The number of hydrogen-bond donors (Lipinski definition) is 1. The van der Waals surface area contributed by atoms with E-state index in [2.05, 4.69) is 9.88 Å². The molecule has 6 nitrogen and oxygen atoms in total. The highest BCUT2D eigenvalue weighted by Crippen LogP contribution is 2.24. The molecular weight excluding hydrogens is 314 g/mol. The Bertz CT molecular complexity index is 631. The number of furan rings is 1. The van der Waals surface area contributed by atoms with Crippen molar-refractivity contribution < 1.29 is 14.3 Å². The molecule has 0 bridgehead atoms. The summed E-state index contributed by atoms with van der Waals surface area (Å²) in [6, 6.07) is 3.69. The Hall–Kier alpha value is -1.70. The van der Waals surface area contributed by atoms with E-state index in [0.29, 0.717) is 26.1 Å². The smallest absolute Gasteiger partial charge is 0.228 e. The maximum atomic E-state index is 12.4. The lowest BCUT2D eigenvalue weighted by atomic mass is 10.2. The van der Waals surface area contributed by atoms with Gasteiger partial charge in [-0.15, -0.1) is 11.3 Å². The molecule has 0 aliphatic carbocycles. The molecule has 1 amide bonds. The standard InChI is InChI=1S/C16H21N3O3S/c1-12(20)10-18-4-6-19(7-5-18)15(21)9-13-11-23-16(17-13)14-3-2-8-22-14/h2-3,8,11-12,20H,4-7,9-10H2,1H3. The summed E-state index contributed by atoms with van der Waals surface area (Å²) in [5.74, 6) is 0.846. The van der Waals surface area contributed by atoms with Gasteiger partial charge in [0.1, 0.15) is 0 Å². The van der Waals surface area contributed by atoms with Crippen molar-refractivity contribution in [3.05, 3.63) is 29.5 Å². The lowest BCUT2D eigenvalue weighted by molar-refractivity contribution is -0.132. The second-order valence-corrected chi connectivity index (χ2v) is 6.69. The zero-order valence-corrected chi connectivity index (χ0v) is 14.0. The van der Waals surface area contributed by atoms with Gasteiger partial charge in [-0.3, -0.25) is 9.69 Å². The van der Waals surface area contributed by atoms with E-state index in [-0.39, 0.29) is 12.0 Å². The molecule has 3 heterocycles. The first-order valence-electron chi connectivity index (χ1n) is 7.78. The van der Waals surface area contributed by atoms with E-state index in [1.54, 1.807) is 13.2 Å². The van der Waals surface area contributed by atoms with Crippen molar-refractivity contribution in [1.82, 2.24) is 14.8 Å². The van der Waals surface area contributed by atoms with Gasteiger partial charge in [-0.1, -0.05) is 0 Å². The van der Waals surface area contributed by atoms with Gasteiger partial charge in [-0.2, -0.15) is 0 Å². The summed E-state index contributed by atoms with van der Waals surface area (Å²) in [5, 5.41) is 12.1. The average Bonchev–Trinajstić information content (AvgIpc) is 3.18. The van der Waals surface area contributed by atoms with Crippen LogP contribution in [0.3, 0.4) is 0 Å². The summed E-state index contributed by atoms with van der Waals surface area (Å²) in [7, 11) is 0. The van der Waals surface area contributed by atoms with Crippen LogP contribution in [0.2, 0.25) is 0 Å².